The Kier molecular flexibility index (Phi) is 6.15. The first-order valence-corrected chi connectivity index (χ1v) is 6.25. The number of allylic oxidation sites excluding steroid dienone is 3. The molecule has 17 heavy (non-hydrogen) atoms. The van der Waals surface area contributed by atoms with E-state index in [1.54, 1.807) is 18.2 Å². The molecule has 0 unspecified atom stereocenters. The van der Waals surface area contributed by atoms with Gasteiger partial charge in [0, 0.05) is 12.6 Å². The predicted octanol–water partition coefficient (Wildman–Crippen LogP) is 3.01. The van der Waals surface area contributed by atoms with Crippen LogP contribution in [0.2, 0.25) is 0 Å². The fraction of sp³-hybridized carbons (Fsp3) is 0.500. The Morgan fingerprint density at radius 3 is 3.00 bits per heavy atom. The standard InChI is InChI=1S/C14H21NO2/c1-2-3-4-6-12-7-5-8-13(16)9-10-15-14(17)11-12/h5,8-9,11,16H,2-4,6-7,10H2,1H3,(H,15,17)/b8-5-,12-11-,13-9+. The Hall–Kier alpha value is -1.51. The average Bonchev–Trinajstić information content (AvgIpc) is 2.28. The van der Waals surface area contributed by atoms with Crippen LogP contribution in [0, 0.1) is 0 Å². The lowest BCUT2D eigenvalue weighted by molar-refractivity contribution is -0.116. The zero-order valence-electron chi connectivity index (χ0n) is 10.4. The lowest BCUT2D eigenvalue weighted by Gasteiger charge is -2.07. The third-order valence-corrected chi connectivity index (χ3v) is 2.69. The van der Waals surface area contributed by atoms with Crippen molar-refractivity contribution in [3.8, 4) is 0 Å². The van der Waals surface area contributed by atoms with Crippen LogP contribution in [0.3, 0.4) is 0 Å². The molecule has 0 bridgehead atoms. The number of hydrogen-bond donors (Lipinski definition) is 2. The molecule has 0 saturated carbocycles. The maximum atomic E-state index is 11.5. The van der Waals surface area contributed by atoms with Crippen LogP contribution in [0.1, 0.15) is 39.0 Å². The van der Waals surface area contributed by atoms with E-state index in [1.165, 1.54) is 12.8 Å². The molecule has 1 heterocycles. The summed E-state index contributed by atoms with van der Waals surface area (Å²) in [6, 6.07) is 0. The number of aliphatic hydroxyl groups is 1. The van der Waals surface area contributed by atoms with Gasteiger partial charge in [-0.25, -0.2) is 0 Å². The summed E-state index contributed by atoms with van der Waals surface area (Å²) in [6.45, 7) is 2.53. The number of carbonyl (C=O) groups excluding carboxylic acids is 1. The SMILES string of the molecule is CCCCC/C1=C/C(=O)NC/C=C(O)\C=C/C1. The fourth-order valence-electron chi connectivity index (χ4n) is 1.73. The minimum Gasteiger partial charge on any atom is -0.508 e. The van der Waals surface area contributed by atoms with Gasteiger partial charge in [-0.3, -0.25) is 4.79 Å². The van der Waals surface area contributed by atoms with Crippen LogP contribution in [0.5, 0.6) is 0 Å². The van der Waals surface area contributed by atoms with Crippen LogP contribution >= 0.6 is 0 Å². The van der Waals surface area contributed by atoms with Crippen LogP contribution in [-0.2, 0) is 4.79 Å². The number of unbranched alkanes of at least 4 members (excludes halogenated alkanes) is 2. The molecule has 2 N–H and O–H groups in total. The summed E-state index contributed by atoms with van der Waals surface area (Å²) in [7, 11) is 0. The molecular weight excluding hydrogens is 214 g/mol. The smallest absolute Gasteiger partial charge is 0.244 e. The first-order chi connectivity index (χ1) is 8.22. The second kappa shape index (κ2) is 7.71. The van der Waals surface area contributed by atoms with Crippen LogP contribution in [-0.4, -0.2) is 17.6 Å². The van der Waals surface area contributed by atoms with Crippen LogP contribution < -0.4 is 5.32 Å². The zero-order valence-corrected chi connectivity index (χ0v) is 10.4. The number of amides is 1. The van der Waals surface area contributed by atoms with Crippen LogP contribution in [0.25, 0.3) is 0 Å². The number of hydrogen-bond acceptors (Lipinski definition) is 2. The molecular formula is C14H21NO2. The Morgan fingerprint density at radius 2 is 2.24 bits per heavy atom. The second-order valence-corrected chi connectivity index (χ2v) is 4.24. The highest BCUT2D eigenvalue weighted by Crippen LogP contribution is 2.14. The van der Waals surface area contributed by atoms with Crippen molar-refractivity contribution in [1.82, 2.24) is 5.32 Å². The van der Waals surface area contributed by atoms with Gasteiger partial charge in [-0.2, -0.15) is 0 Å². The van der Waals surface area contributed by atoms with Crippen molar-refractivity contribution in [2.24, 2.45) is 0 Å². The van der Waals surface area contributed by atoms with E-state index >= 15 is 0 Å². The van der Waals surface area contributed by atoms with E-state index in [2.05, 4.69) is 12.2 Å². The summed E-state index contributed by atoms with van der Waals surface area (Å²) in [5.41, 5.74) is 1.13. The predicted molar refractivity (Wildman–Crippen MR) is 69.7 cm³/mol. The zero-order chi connectivity index (χ0) is 12.5. The lowest BCUT2D eigenvalue weighted by Crippen LogP contribution is -2.21. The Labute approximate surface area is 103 Å². The van der Waals surface area contributed by atoms with Gasteiger partial charge >= 0.3 is 0 Å². The first kappa shape index (κ1) is 13.6. The summed E-state index contributed by atoms with van der Waals surface area (Å²) in [5, 5.41) is 12.1. The molecule has 0 spiro atoms. The topological polar surface area (TPSA) is 49.3 Å². The minimum absolute atomic E-state index is 0.0733. The van der Waals surface area contributed by atoms with Gasteiger partial charge < -0.3 is 10.4 Å². The molecule has 1 aliphatic heterocycles. The molecule has 0 aromatic heterocycles. The third-order valence-electron chi connectivity index (χ3n) is 2.69. The molecule has 0 radical (unpaired) electrons. The highest BCUT2D eigenvalue weighted by Gasteiger charge is 2.02. The van der Waals surface area contributed by atoms with Gasteiger partial charge in [0.2, 0.25) is 5.91 Å². The van der Waals surface area contributed by atoms with Gasteiger partial charge in [0.25, 0.3) is 0 Å². The average molecular weight is 235 g/mol. The van der Waals surface area contributed by atoms with E-state index in [9.17, 15) is 9.90 Å². The van der Waals surface area contributed by atoms with Gasteiger partial charge in [0.05, 0.1) is 0 Å². The fourth-order valence-corrected chi connectivity index (χ4v) is 1.73. The largest absolute Gasteiger partial charge is 0.508 e. The normalized spacial score (nSPS) is 25.1. The van der Waals surface area contributed by atoms with E-state index < -0.39 is 0 Å². The van der Waals surface area contributed by atoms with Crippen LogP contribution in [0.4, 0.5) is 0 Å². The van der Waals surface area contributed by atoms with E-state index in [-0.39, 0.29) is 11.7 Å². The minimum atomic E-state index is -0.0733. The highest BCUT2D eigenvalue weighted by atomic mass is 16.3. The monoisotopic (exact) mass is 235 g/mol. The van der Waals surface area contributed by atoms with Gasteiger partial charge in [0.1, 0.15) is 5.76 Å². The third kappa shape index (κ3) is 5.95. The molecule has 0 aromatic carbocycles. The van der Waals surface area contributed by atoms with Gasteiger partial charge in [-0.05, 0) is 31.4 Å². The maximum absolute atomic E-state index is 11.5. The van der Waals surface area contributed by atoms with Crippen molar-refractivity contribution >= 4 is 5.91 Å². The molecule has 3 heteroatoms. The molecule has 3 nitrogen and oxygen atoms in total. The Bertz CT molecular complexity index is 340. The van der Waals surface area contributed by atoms with E-state index in [0.717, 1.165) is 24.8 Å². The lowest BCUT2D eigenvalue weighted by atomic mass is 10.0. The molecule has 0 fully saturated rings. The highest BCUT2D eigenvalue weighted by molar-refractivity contribution is 5.88. The number of carbonyl (C=O) groups is 1. The van der Waals surface area contributed by atoms with Crippen molar-refractivity contribution < 1.29 is 9.90 Å². The first-order valence-electron chi connectivity index (χ1n) is 6.25. The van der Waals surface area contributed by atoms with Crippen molar-refractivity contribution in [3.05, 3.63) is 35.6 Å². The van der Waals surface area contributed by atoms with Crippen molar-refractivity contribution in [1.29, 1.82) is 0 Å². The molecule has 94 valence electrons. The van der Waals surface area contributed by atoms with Crippen molar-refractivity contribution in [2.45, 2.75) is 39.0 Å². The number of aliphatic hydroxyl groups excluding tert-OH is 1. The molecule has 1 amide bonds. The molecule has 1 rings (SSSR count). The van der Waals surface area contributed by atoms with Gasteiger partial charge in [-0.15, -0.1) is 0 Å². The quantitative estimate of drug-likeness (QED) is 0.736. The number of nitrogens with one attached hydrogen (secondary N) is 1. The Morgan fingerprint density at radius 1 is 1.41 bits per heavy atom. The maximum Gasteiger partial charge on any atom is 0.244 e. The molecule has 0 aliphatic carbocycles. The number of rotatable bonds is 4. The molecule has 0 aromatic rings. The van der Waals surface area contributed by atoms with E-state index in [4.69, 9.17) is 0 Å². The summed E-state index contributed by atoms with van der Waals surface area (Å²) >= 11 is 0. The second-order valence-electron chi connectivity index (χ2n) is 4.24. The van der Waals surface area contributed by atoms with Crippen LogP contribution in [0.15, 0.2) is 35.6 Å². The van der Waals surface area contributed by atoms with E-state index in [0.29, 0.717) is 6.54 Å². The van der Waals surface area contributed by atoms with Gasteiger partial charge in [0.15, 0.2) is 0 Å². The van der Waals surface area contributed by atoms with Gasteiger partial charge in [-0.1, -0.05) is 31.4 Å². The summed E-state index contributed by atoms with van der Waals surface area (Å²) in [6.07, 6.45) is 12.0. The van der Waals surface area contributed by atoms with Crippen molar-refractivity contribution in [2.75, 3.05) is 6.54 Å². The summed E-state index contributed by atoms with van der Waals surface area (Å²) in [5.74, 6) is 0.135. The summed E-state index contributed by atoms with van der Waals surface area (Å²) in [4.78, 5) is 11.5. The van der Waals surface area contributed by atoms with Crippen molar-refractivity contribution in [3.63, 3.8) is 0 Å². The summed E-state index contributed by atoms with van der Waals surface area (Å²) < 4.78 is 0. The van der Waals surface area contributed by atoms with E-state index in [1.807, 2.05) is 6.08 Å². The molecule has 0 saturated heterocycles. The Balaban J connectivity index is 2.62. The molecule has 1 aliphatic rings. The molecule has 0 atom stereocenters.